The van der Waals surface area contributed by atoms with Gasteiger partial charge in [-0.3, -0.25) is 0 Å². The zero-order valence-corrected chi connectivity index (χ0v) is 23.9. The van der Waals surface area contributed by atoms with Crippen molar-refractivity contribution < 1.29 is 0 Å². The van der Waals surface area contributed by atoms with Crippen LogP contribution in [0.5, 0.6) is 0 Å². The van der Waals surface area contributed by atoms with Crippen LogP contribution < -0.4 is 26.5 Å². The molecule has 1 aliphatic carbocycles. The molecule has 0 saturated heterocycles. The first-order valence-corrected chi connectivity index (χ1v) is 16.3. The Hall–Kier alpha value is -3.56. The summed E-state index contributed by atoms with van der Waals surface area (Å²) in [7, 11) is -1.29. The molecule has 190 valence electrons. The molecule has 5 aromatic carbocycles. The van der Waals surface area contributed by atoms with E-state index in [0.29, 0.717) is 11.8 Å². The SMILES string of the molecule is C[C@@H](c1ccccc1P(c1ccccc1)c1ccccc1)C1C=CC=C1P(c1ccccc1)c1ccccc1. The lowest BCUT2D eigenvalue weighted by Crippen LogP contribution is -2.26. The smallest absolute Gasteiger partial charge is 0.00981 e. The summed E-state index contributed by atoms with van der Waals surface area (Å²) in [5.74, 6) is 0.696. The summed E-state index contributed by atoms with van der Waals surface area (Å²) in [5.41, 5.74) is 1.45. The molecule has 0 heterocycles. The van der Waals surface area contributed by atoms with E-state index in [2.05, 4.69) is 171 Å². The summed E-state index contributed by atoms with van der Waals surface area (Å²) in [6.45, 7) is 2.43. The first-order chi connectivity index (χ1) is 19.3. The van der Waals surface area contributed by atoms with E-state index in [4.69, 9.17) is 0 Å². The van der Waals surface area contributed by atoms with Crippen molar-refractivity contribution in [3.05, 3.63) is 175 Å². The van der Waals surface area contributed by atoms with Crippen LogP contribution >= 0.6 is 15.8 Å². The molecule has 1 aliphatic rings. The lowest BCUT2D eigenvalue weighted by atomic mass is 9.88. The maximum Gasteiger partial charge on any atom is 0.00981 e. The number of hydrogen-bond acceptors (Lipinski definition) is 0. The van der Waals surface area contributed by atoms with Crippen LogP contribution in [0.25, 0.3) is 0 Å². The van der Waals surface area contributed by atoms with Crippen LogP contribution in [-0.2, 0) is 0 Å². The van der Waals surface area contributed by atoms with E-state index in [1.165, 1.54) is 37.4 Å². The monoisotopic (exact) mass is 538 g/mol. The topological polar surface area (TPSA) is 0 Å². The Labute approximate surface area is 235 Å². The van der Waals surface area contributed by atoms with Gasteiger partial charge in [0, 0.05) is 5.92 Å². The second-order valence-corrected chi connectivity index (χ2v) is 14.3. The fraction of sp³-hybridized carbons (Fsp3) is 0.0811. The third-order valence-corrected chi connectivity index (χ3v) is 12.6. The fourth-order valence-corrected chi connectivity index (χ4v) is 10.8. The number of rotatable bonds is 8. The standard InChI is InChI=1S/C37H32P2/c1-29(35-26-16-28-37(35)39(32-21-10-4-11-22-32)33-23-12-5-13-24-33)34-25-14-15-27-36(34)38(30-17-6-2-7-18-30)31-19-8-3-9-20-31/h2-29,35H,1H3/t29-,35?/m0/s1. The first-order valence-electron chi connectivity index (χ1n) is 13.6. The predicted octanol–water partition coefficient (Wildman–Crippen LogP) is 7.75. The van der Waals surface area contributed by atoms with Gasteiger partial charge in [-0.05, 0) is 59.2 Å². The van der Waals surface area contributed by atoms with E-state index in [-0.39, 0.29) is 0 Å². The van der Waals surface area contributed by atoms with Crippen LogP contribution in [0, 0.1) is 5.92 Å². The second-order valence-electron chi connectivity index (χ2n) is 9.86. The quantitative estimate of drug-likeness (QED) is 0.177. The van der Waals surface area contributed by atoms with Gasteiger partial charge in [-0.15, -0.1) is 0 Å². The molecule has 2 heteroatoms. The molecule has 2 atom stereocenters. The third kappa shape index (κ3) is 5.46. The molecule has 0 fully saturated rings. The minimum atomic E-state index is -0.669. The molecule has 0 aliphatic heterocycles. The molecule has 0 N–H and O–H groups in total. The van der Waals surface area contributed by atoms with Gasteiger partial charge in [0.1, 0.15) is 0 Å². The zero-order valence-electron chi connectivity index (χ0n) is 22.1. The number of allylic oxidation sites excluding steroid dienone is 4. The summed E-state index contributed by atoms with van der Waals surface area (Å²) in [4.78, 5) is 0. The van der Waals surface area contributed by atoms with Gasteiger partial charge in [0.2, 0.25) is 0 Å². The fourth-order valence-electron chi connectivity index (χ4n) is 5.58. The molecular formula is C37H32P2. The molecule has 0 radical (unpaired) electrons. The summed E-state index contributed by atoms with van der Waals surface area (Å²) in [6.07, 6.45) is 7.12. The van der Waals surface area contributed by atoms with Crippen molar-refractivity contribution in [1.29, 1.82) is 0 Å². The van der Waals surface area contributed by atoms with Crippen LogP contribution in [0.15, 0.2) is 169 Å². The minimum absolute atomic E-state index is 0.348. The van der Waals surface area contributed by atoms with Gasteiger partial charge in [-0.25, -0.2) is 0 Å². The summed E-state index contributed by atoms with van der Waals surface area (Å²) >= 11 is 0. The van der Waals surface area contributed by atoms with Gasteiger partial charge in [-0.2, -0.15) is 0 Å². The highest BCUT2D eigenvalue weighted by Crippen LogP contribution is 2.53. The first kappa shape index (κ1) is 25.7. The van der Waals surface area contributed by atoms with Crippen molar-refractivity contribution in [3.63, 3.8) is 0 Å². The average Bonchev–Trinajstić information content (AvgIpc) is 3.49. The molecule has 0 spiro atoms. The minimum Gasteiger partial charge on any atom is -0.0763 e. The normalized spacial score (nSPS) is 15.5. The van der Waals surface area contributed by atoms with Crippen LogP contribution in [0.3, 0.4) is 0 Å². The molecular weight excluding hydrogens is 506 g/mol. The maximum absolute atomic E-state index is 2.44. The Morgan fingerprint density at radius 1 is 0.487 bits per heavy atom. The summed E-state index contributed by atoms with van der Waals surface area (Å²) in [5, 5.41) is 8.61. The van der Waals surface area contributed by atoms with E-state index in [1.807, 2.05) is 0 Å². The van der Waals surface area contributed by atoms with Gasteiger partial charge in [0.05, 0.1) is 0 Å². The largest absolute Gasteiger partial charge is 0.0763 e. The van der Waals surface area contributed by atoms with Crippen molar-refractivity contribution in [2.24, 2.45) is 5.92 Å². The third-order valence-electron chi connectivity index (χ3n) is 7.45. The van der Waals surface area contributed by atoms with E-state index < -0.39 is 15.8 Å². The predicted molar refractivity (Wildman–Crippen MR) is 173 cm³/mol. The Bertz CT molecular complexity index is 1480. The molecule has 1 unspecified atom stereocenters. The molecule has 0 amide bonds. The van der Waals surface area contributed by atoms with E-state index in [1.54, 1.807) is 0 Å². The van der Waals surface area contributed by atoms with Gasteiger partial charge >= 0.3 is 0 Å². The molecule has 6 rings (SSSR count). The maximum atomic E-state index is 2.44. The molecule has 0 aromatic heterocycles. The van der Waals surface area contributed by atoms with Gasteiger partial charge in [0.15, 0.2) is 0 Å². The van der Waals surface area contributed by atoms with Crippen molar-refractivity contribution in [2.75, 3.05) is 0 Å². The molecule has 5 aromatic rings. The molecule has 0 saturated carbocycles. The van der Waals surface area contributed by atoms with Crippen LogP contribution in [0.2, 0.25) is 0 Å². The van der Waals surface area contributed by atoms with Gasteiger partial charge < -0.3 is 0 Å². The number of benzene rings is 5. The highest BCUT2D eigenvalue weighted by Gasteiger charge is 2.32. The zero-order chi connectivity index (χ0) is 26.4. The van der Waals surface area contributed by atoms with E-state index in [0.717, 1.165) is 0 Å². The van der Waals surface area contributed by atoms with E-state index in [9.17, 15) is 0 Å². The van der Waals surface area contributed by atoms with Crippen LogP contribution in [-0.4, -0.2) is 0 Å². The van der Waals surface area contributed by atoms with Crippen LogP contribution in [0.1, 0.15) is 18.4 Å². The highest BCUT2D eigenvalue weighted by molar-refractivity contribution is 7.80. The average molecular weight is 539 g/mol. The van der Waals surface area contributed by atoms with Crippen molar-refractivity contribution in [1.82, 2.24) is 0 Å². The lowest BCUT2D eigenvalue weighted by molar-refractivity contribution is 0.648. The van der Waals surface area contributed by atoms with Gasteiger partial charge in [-0.1, -0.05) is 171 Å². The summed E-state index contributed by atoms with van der Waals surface area (Å²) in [6, 6.07) is 53.5. The Morgan fingerprint density at radius 3 is 1.38 bits per heavy atom. The molecule has 0 nitrogen and oxygen atoms in total. The number of hydrogen-bond donors (Lipinski definition) is 0. The Balaban J connectivity index is 1.43. The lowest BCUT2D eigenvalue weighted by Gasteiger charge is -2.31. The van der Waals surface area contributed by atoms with Gasteiger partial charge in [0.25, 0.3) is 0 Å². The molecule has 0 bridgehead atoms. The van der Waals surface area contributed by atoms with Crippen LogP contribution in [0.4, 0.5) is 0 Å². The van der Waals surface area contributed by atoms with E-state index >= 15 is 0 Å². The second kappa shape index (κ2) is 12.1. The Kier molecular flexibility index (Phi) is 7.97. The molecule has 39 heavy (non-hydrogen) atoms. The van der Waals surface area contributed by atoms with Crippen molar-refractivity contribution in [2.45, 2.75) is 12.8 Å². The van der Waals surface area contributed by atoms with Crippen molar-refractivity contribution in [3.8, 4) is 0 Å². The van der Waals surface area contributed by atoms with Crippen molar-refractivity contribution >= 4 is 42.4 Å². The Morgan fingerprint density at radius 2 is 0.897 bits per heavy atom. The highest BCUT2D eigenvalue weighted by atomic mass is 31.1. The summed E-state index contributed by atoms with van der Waals surface area (Å²) < 4.78 is 0.